The second-order valence-corrected chi connectivity index (χ2v) is 6.17. The minimum Gasteiger partial charge on any atom is -0.481 e. The van der Waals surface area contributed by atoms with Gasteiger partial charge < -0.3 is 10.0 Å². The first kappa shape index (κ1) is 18.3. The lowest BCUT2D eigenvalue weighted by Crippen LogP contribution is -2.47. The van der Waals surface area contributed by atoms with E-state index in [1.165, 1.54) is 0 Å². The van der Waals surface area contributed by atoms with Crippen molar-refractivity contribution in [2.24, 2.45) is 5.41 Å². The van der Waals surface area contributed by atoms with Crippen LogP contribution in [0.15, 0.2) is 30.3 Å². The topological polar surface area (TPSA) is 57.6 Å². The summed E-state index contributed by atoms with van der Waals surface area (Å²) in [6.45, 7) is 0.915. The summed E-state index contributed by atoms with van der Waals surface area (Å²) in [4.78, 5) is 24.6. The molecule has 1 N–H and O–H groups in total. The van der Waals surface area contributed by atoms with Crippen molar-refractivity contribution in [3.05, 3.63) is 35.9 Å². The number of hydrogen-bond donors (Lipinski definition) is 1. The Hall–Kier alpha value is -2.05. The number of carbonyl (C=O) groups is 2. The molecule has 1 amide bonds. The van der Waals surface area contributed by atoms with E-state index < -0.39 is 36.4 Å². The summed E-state index contributed by atoms with van der Waals surface area (Å²) < 4.78 is 39.5. The van der Waals surface area contributed by atoms with E-state index in [9.17, 15) is 22.8 Å². The standard InChI is InChI=1S/C17H20F3NO3/c1-2-12(13-6-4-3-5-7-13)10-14(22)21-9-8-16(11-21,15(23)24)17(18,19)20/h3-7,12H,2,8-11H2,1H3,(H,23,24). The van der Waals surface area contributed by atoms with E-state index in [4.69, 9.17) is 5.11 Å². The van der Waals surface area contributed by atoms with E-state index in [1.54, 1.807) is 0 Å². The number of halogens is 3. The third-order valence-corrected chi connectivity index (χ3v) is 4.76. The molecule has 0 spiro atoms. The fourth-order valence-electron chi connectivity index (χ4n) is 3.11. The van der Waals surface area contributed by atoms with Crippen LogP contribution in [0.4, 0.5) is 13.2 Å². The number of aliphatic carboxylic acids is 1. The molecule has 0 aliphatic carbocycles. The summed E-state index contributed by atoms with van der Waals surface area (Å²) >= 11 is 0. The zero-order valence-corrected chi connectivity index (χ0v) is 13.3. The Balaban J connectivity index is 2.10. The van der Waals surface area contributed by atoms with Gasteiger partial charge in [-0.3, -0.25) is 9.59 Å². The molecular weight excluding hydrogens is 323 g/mol. The van der Waals surface area contributed by atoms with Crippen LogP contribution in [0.1, 0.15) is 37.7 Å². The molecule has 0 saturated carbocycles. The van der Waals surface area contributed by atoms with Crippen LogP contribution in [0.3, 0.4) is 0 Å². The zero-order valence-electron chi connectivity index (χ0n) is 13.3. The quantitative estimate of drug-likeness (QED) is 0.891. The highest BCUT2D eigenvalue weighted by Crippen LogP contribution is 2.46. The molecule has 1 aliphatic rings. The molecule has 1 aliphatic heterocycles. The fourth-order valence-corrected chi connectivity index (χ4v) is 3.11. The van der Waals surface area contributed by atoms with Crippen molar-refractivity contribution >= 4 is 11.9 Å². The first-order chi connectivity index (χ1) is 11.2. The Morgan fingerprint density at radius 1 is 1.29 bits per heavy atom. The van der Waals surface area contributed by atoms with Gasteiger partial charge in [-0.1, -0.05) is 37.3 Å². The van der Waals surface area contributed by atoms with E-state index >= 15 is 0 Å². The number of carboxylic acid groups (broad SMARTS) is 1. The molecule has 1 saturated heterocycles. The van der Waals surface area contributed by atoms with Crippen molar-refractivity contribution in [2.75, 3.05) is 13.1 Å². The van der Waals surface area contributed by atoms with Gasteiger partial charge in [0.1, 0.15) is 0 Å². The predicted octanol–water partition coefficient (Wildman–Crippen LogP) is 3.44. The summed E-state index contributed by atoms with van der Waals surface area (Å²) in [5.74, 6) is -2.44. The Bertz CT molecular complexity index is 603. The van der Waals surface area contributed by atoms with Gasteiger partial charge in [0.2, 0.25) is 5.91 Å². The first-order valence-electron chi connectivity index (χ1n) is 7.84. The SMILES string of the molecule is CCC(CC(=O)N1CCC(C(=O)O)(C(F)(F)F)C1)c1ccccc1. The normalized spacial score (nSPS) is 22.4. The number of carboxylic acids is 1. The highest BCUT2D eigenvalue weighted by molar-refractivity contribution is 5.81. The number of nitrogens with zero attached hydrogens (tertiary/aromatic N) is 1. The van der Waals surface area contributed by atoms with Gasteiger partial charge in [-0.15, -0.1) is 0 Å². The van der Waals surface area contributed by atoms with Crippen LogP contribution in [0, 0.1) is 5.41 Å². The maximum Gasteiger partial charge on any atom is 0.406 e. The van der Waals surface area contributed by atoms with Gasteiger partial charge in [0.05, 0.1) is 0 Å². The summed E-state index contributed by atoms with van der Waals surface area (Å²) in [6, 6.07) is 9.29. The number of hydrogen-bond acceptors (Lipinski definition) is 2. The molecule has 0 radical (unpaired) electrons. The van der Waals surface area contributed by atoms with Crippen LogP contribution < -0.4 is 0 Å². The smallest absolute Gasteiger partial charge is 0.406 e. The zero-order chi connectivity index (χ0) is 18.0. The molecule has 1 aromatic rings. The molecule has 2 unspecified atom stereocenters. The molecule has 2 rings (SSSR count). The van der Waals surface area contributed by atoms with E-state index in [0.29, 0.717) is 6.42 Å². The second-order valence-electron chi connectivity index (χ2n) is 6.17. The Morgan fingerprint density at radius 3 is 2.38 bits per heavy atom. The van der Waals surface area contributed by atoms with Crippen LogP contribution in [-0.4, -0.2) is 41.1 Å². The van der Waals surface area contributed by atoms with Gasteiger partial charge in [0.15, 0.2) is 5.41 Å². The van der Waals surface area contributed by atoms with Crippen LogP contribution in [0.2, 0.25) is 0 Å². The van der Waals surface area contributed by atoms with Gasteiger partial charge in [-0.2, -0.15) is 13.2 Å². The molecule has 1 aromatic carbocycles. The third-order valence-electron chi connectivity index (χ3n) is 4.76. The number of rotatable bonds is 5. The van der Waals surface area contributed by atoms with Gasteiger partial charge in [0.25, 0.3) is 0 Å². The summed E-state index contributed by atoms with van der Waals surface area (Å²) in [5, 5.41) is 9.05. The molecule has 1 heterocycles. The predicted molar refractivity (Wildman–Crippen MR) is 81.4 cm³/mol. The lowest BCUT2D eigenvalue weighted by Gasteiger charge is -2.27. The van der Waals surface area contributed by atoms with Crippen LogP contribution in [0.25, 0.3) is 0 Å². The minimum atomic E-state index is -4.88. The van der Waals surface area contributed by atoms with Gasteiger partial charge >= 0.3 is 12.1 Å². The van der Waals surface area contributed by atoms with E-state index in [2.05, 4.69) is 0 Å². The van der Waals surface area contributed by atoms with Crippen molar-refractivity contribution in [1.82, 2.24) is 4.90 Å². The molecule has 24 heavy (non-hydrogen) atoms. The van der Waals surface area contributed by atoms with E-state index in [1.807, 2.05) is 37.3 Å². The van der Waals surface area contributed by atoms with Gasteiger partial charge in [-0.25, -0.2) is 0 Å². The van der Waals surface area contributed by atoms with Crippen molar-refractivity contribution < 1.29 is 27.9 Å². The number of likely N-dealkylation sites (tertiary alicyclic amines) is 1. The molecular formula is C17H20F3NO3. The van der Waals surface area contributed by atoms with Crippen molar-refractivity contribution in [3.8, 4) is 0 Å². The molecule has 0 aromatic heterocycles. The third kappa shape index (κ3) is 3.39. The second kappa shape index (κ2) is 6.83. The monoisotopic (exact) mass is 343 g/mol. The Kier molecular flexibility index (Phi) is 5.20. The maximum atomic E-state index is 13.2. The molecule has 7 heteroatoms. The number of benzene rings is 1. The fraction of sp³-hybridized carbons (Fsp3) is 0.529. The summed E-state index contributed by atoms with van der Waals surface area (Å²) in [6.07, 6.45) is -4.72. The maximum absolute atomic E-state index is 13.2. The number of carbonyl (C=O) groups excluding carboxylic acids is 1. The minimum absolute atomic E-state index is 0.0774. The molecule has 2 atom stereocenters. The highest BCUT2D eigenvalue weighted by atomic mass is 19.4. The van der Waals surface area contributed by atoms with Crippen molar-refractivity contribution in [2.45, 2.75) is 38.3 Å². The lowest BCUT2D eigenvalue weighted by atomic mass is 9.86. The lowest BCUT2D eigenvalue weighted by molar-refractivity contribution is -0.227. The largest absolute Gasteiger partial charge is 0.481 e. The molecule has 1 fully saturated rings. The molecule has 0 bridgehead atoms. The summed E-state index contributed by atoms with van der Waals surface area (Å²) in [7, 11) is 0. The van der Waals surface area contributed by atoms with Crippen LogP contribution >= 0.6 is 0 Å². The average Bonchev–Trinajstić information content (AvgIpc) is 3.00. The van der Waals surface area contributed by atoms with E-state index in [0.717, 1.165) is 10.5 Å². The molecule has 132 valence electrons. The first-order valence-corrected chi connectivity index (χ1v) is 7.84. The number of amides is 1. The average molecular weight is 343 g/mol. The Labute approximate surface area is 138 Å². The molecule has 4 nitrogen and oxygen atoms in total. The highest BCUT2D eigenvalue weighted by Gasteiger charge is 2.64. The van der Waals surface area contributed by atoms with Gasteiger partial charge in [-0.05, 0) is 24.3 Å². The van der Waals surface area contributed by atoms with Crippen molar-refractivity contribution in [1.29, 1.82) is 0 Å². The van der Waals surface area contributed by atoms with Crippen LogP contribution in [-0.2, 0) is 9.59 Å². The van der Waals surface area contributed by atoms with Crippen LogP contribution in [0.5, 0.6) is 0 Å². The van der Waals surface area contributed by atoms with E-state index in [-0.39, 0.29) is 18.9 Å². The Morgan fingerprint density at radius 2 is 1.92 bits per heavy atom. The van der Waals surface area contributed by atoms with Gasteiger partial charge in [0, 0.05) is 19.5 Å². The summed E-state index contributed by atoms with van der Waals surface area (Å²) in [5.41, 5.74) is -1.90. The number of alkyl halides is 3. The van der Waals surface area contributed by atoms with Crippen molar-refractivity contribution in [3.63, 3.8) is 0 Å².